The van der Waals surface area contributed by atoms with E-state index in [0.29, 0.717) is 19.1 Å². The zero-order valence-electron chi connectivity index (χ0n) is 40.9. The van der Waals surface area contributed by atoms with Gasteiger partial charge >= 0.3 is 24.3 Å². The molecule has 4 amide bonds. The molecule has 4 aromatic carbocycles. The number of fused-ring (bicyclic) bond motifs is 4. The summed E-state index contributed by atoms with van der Waals surface area (Å²) in [5, 5.41) is 17.0. The Labute approximate surface area is 424 Å². The van der Waals surface area contributed by atoms with Crippen LogP contribution in [-0.4, -0.2) is 120 Å². The quantitative estimate of drug-likeness (QED) is 0.0986. The highest BCUT2D eigenvalue weighted by Gasteiger charge is 2.46. The summed E-state index contributed by atoms with van der Waals surface area (Å²) >= 11 is 0. The fourth-order valence-corrected chi connectivity index (χ4v) is 12.4. The van der Waals surface area contributed by atoms with Crippen molar-refractivity contribution in [3.05, 3.63) is 84.3 Å². The standard InChI is InChI=1S/C48H57N7O6Si.C2HF3O2.2H2S/c1-27(2)41(52-47(58)60-5)45(56)54-19-9-10-39(54)38-23-35(24-49-38)33-14-13-29-20-30(11-12-31(29)21-33)32-15-17-36-34(22-32)16-18-37-43(36)51-44(50-37)40-25-62(7,8)26-55(40)46(57)42(28(3)4)53-48(59)61-6;3-2(4,5)1(6)7;;/h11-18,20-22,24,27-28,39-42H,9-10,19,23,25-26H2,1-8H3,(H,50,51)(H,52,58)(H,53,59);(H,6,7);2*1H2/t39-,40-,41-,42-;;;/m0.../s1. The zero-order valence-corrected chi connectivity index (χ0v) is 43.9. The van der Waals surface area contributed by atoms with E-state index >= 15 is 0 Å². The fraction of sp³-hybridized carbons (Fsp3) is 0.420. The molecule has 4 atom stereocenters. The van der Waals surface area contributed by atoms with Gasteiger partial charge in [0.1, 0.15) is 17.9 Å². The summed E-state index contributed by atoms with van der Waals surface area (Å²) < 4.78 is 41.4. The third-order valence-corrected chi connectivity index (χ3v) is 15.7. The SMILES string of the molecule is COC(=O)N[C@H](C(=O)N1CCC[C@H]1C1=NC=C(c2ccc3cc(-c4ccc5c(ccc6[nH]c([C@@H]7C[Si](C)(C)CN7C(=O)[C@@H](NC(=O)OC)C(C)C)nc65)c4)ccc3c2)C1)C(C)C.O=C(O)C(F)(F)F.S.S. The molecule has 3 aliphatic heterocycles. The van der Waals surface area contributed by atoms with Crippen molar-refractivity contribution < 1.29 is 51.7 Å². The maximum atomic E-state index is 14.0. The first kappa shape index (κ1) is 55.9. The molecule has 71 heavy (non-hydrogen) atoms. The average Bonchev–Trinajstić information content (AvgIpc) is 4.14. The molecular formula is C50H62F3N7O8S2Si. The minimum Gasteiger partial charge on any atom is -0.475 e. The van der Waals surface area contributed by atoms with Crippen molar-refractivity contribution >= 4 is 109 Å². The molecule has 382 valence electrons. The lowest BCUT2D eigenvalue weighted by Crippen LogP contribution is -2.53. The van der Waals surface area contributed by atoms with Gasteiger partial charge in [-0.2, -0.15) is 40.2 Å². The van der Waals surface area contributed by atoms with Crippen molar-refractivity contribution in [3.63, 3.8) is 0 Å². The number of carbonyl (C=O) groups is 5. The normalized spacial score (nSPS) is 18.2. The van der Waals surface area contributed by atoms with Crippen LogP contribution in [0.5, 0.6) is 0 Å². The first-order chi connectivity index (χ1) is 32.6. The number of amides is 4. The molecule has 3 aliphatic rings. The third kappa shape index (κ3) is 12.3. The minimum absolute atomic E-state index is 0. The number of aromatic amines is 1. The molecule has 4 heterocycles. The monoisotopic (exact) mass is 1040 g/mol. The lowest BCUT2D eigenvalue weighted by atomic mass is 9.94. The molecule has 21 heteroatoms. The van der Waals surface area contributed by atoms with E-state index in [0.717, 1.165) is 85.3 Å². The number of ether oxygens (including phenoxy) is 2. The van der Waals surface area contributed by atoms with E-state index < -0.39 is 44.5 Å². The van der Waals surface area contributed by atoms with Gasteiger partial charge in [0.25, 0.3) is 0 Å². The minimum atomic E-state index is -5.08. The number of methoxy groups -OCH3 is 2. The van der Waals surface area contributed by atoms with E-state index in [1.165, 1.54) is 14.2 Å². The smallest absolute Gasteiger partial charge is 0.475 e. The average molecular weight is 1040 g/mol. The molecule has 4 N–H and O–H groups in total. The molecule has 0 spiro atoms. The van der Waals surface area contributed by atoms with Gasteiger partial charge in [-0.05, 0) is 93.4 Å². The molecule has 1 aromatic heterocycles. The van der Waals surface area contributed by atoms with Crippen molar-refractivity contribution in [1.29, 1.82) is 0 Å². The van der Waals surface area contributed by atoms with Crippen LogP contribution in [0.2, 0.25) is 19.1 Å². The molecule has 2 fully saturated rings. The van der Waals surface area contributed by atoms with Crippen LogP contribution in [-0.2, 0) is 23.9 Å². The number of rotatable bonds is 10. The van der Waals surface area contributed by atoms with Gasteiger partial charge in [0.05, 0.1) is 45.4 Å². The van der Waals surface area contributed by atoms with Crippen LogP contribution in [0.15, 0.2) is 77.9 Å². The number of hydrogen-bond donors (Lipinski definition) is 4. The van der Waals surface area contributed by atoms with E-state index in [4.69, 9.17) is 29.4 Å². The summed E-state index contributed by atoms with van der Waals surface area (Å²) in [6.45, 7) is 12.9. The predicted octanol–water partition coefficient (Wildman–Crippen LogP) is 9.46. The number of carbonyl (C=O) groups excluding carboxylic acids is 4. The number of imidazole rings is 1. The van der Waals surface area contributed by atoms with Crippen molar-refractivity contribution in [1.82, 2.24) is 30.4 Å². The van der Waals surface area contributed by atoms with Gasteiger partial charge in [0.15, 0.2) is 0 Å². The van der Waals surface area contributed by atoms with Crippen molar-refractivity contribution in [2.45, 2.75) is 96.4 Å². The van der Waals surface area contributed by atoms with Crippen molar-refractivity contribution in [2.75, 3.05) is 26.9 Å². The Balaban J connectivity index is 0.000000970. The highest BCUT2D eigenvalue weighted by Crippen LogP contribution is 2.40. The number of alkyl carbamates (subject to hydrolysis) is 2. The van der Waals surface area contributed by atoms with Crippen LogP contribution < -0.4 is 10.6 Å². The Morgan fingerprint density at radius 2 is 1.30 bits per heavy atom. The third-order valence-electron chi connectivity index (χ3n) is 13.1. The van der Waals surface area contributed by atoms with E-state index in [1.54, 1.807) is 0 Å². The molecule has 0 unspecified atom stereocenters. The Morgan fingerprint density at radius 3 is 1.86 bits per heavy atom. The topological polar surface area (TPSA) is 196 Å². The van der Waals surface area contributed by atoms with Crippen LogP contribution in [0.4, 0.5) is 22.8 Å². The second kappa shape index (κ2) is 22.6. The van der Waals surface area contributed by atoms with Gasteiger partial charge in [-0.15, -0.1) is 0 Å². The van der Waals surface area contributed by atoms with Crippen LogP contribution in [0, 0.1) is 11.8 Å². The number of alkyl halides is 3. The second-order valence-electron chi connectivity index (χ2n) is 19.3. The van der Waals surface area contributed by atoms with Gasteiger partial charge in [-0.3, -0.25) is 14.6 Å². The summed E-state index contributed by atoms with van der Waals surface area (Å²) in [5.41, 5.74) is 7.21. The van der Waals surface area contributed by atoms with Gasteiger partial charge in [-0.1, -0.05) is 83.3 Å². The number of hydrogen-bond acceptors (Lipinski definition) is 9. The number of carboxylic acids is 1. The first-order valence-corrected chi connectivity index (χ1v) is 26.3. The number of allylic oxidation sites excluding steroid dienone is 1. The van der Waals surface area contributed by atoms with Crippen LogP contribution in [0.25, 0.3) is 49.3 Å². The van der Waals surface area contributed by atoms with Crippen molar-refractivity contribution in [2.24, 2.45) is 16.8 Å². The molecule has 0 aliphatic carbocycles. The molecule has 8 rings (SSSR count). The van der Waals surface area contributed by atoms with Crippen LogP contribution >= 0.6 is 27.0 Å². The van der Waals surface area contributed by atoms with E-state index in [-0.39, 0.29) is 62.7 Å². The summed E-state index contributed by atoms with van der Waals surface area (Å²) in [5.74, 6) is -2.39. The van der Waals surface area contributed by atoms with Gasteiger partial charge in [-0.25, -0.2) is 19.4 Å². The Hall–Kier alpha value is -6.06. The lowest BCUT2D eigenvalue weighted by Gasteiger charge is -2.31. The van der Waals surface area contributed by atoms with Crippen LogP contribution in [0.1, 0.15) is 64.4 Å². The van der Waals surface area contributed by atoms with E-state index in [9.17, 15) is 32.3 Å². The highest BCUT2D eigenvalue weighted by molar-refractivity contribution is 7.59. The summed E-state index contributed by atoms with van der Waals surface area (Å²) in [4.78, 5) is 78.2. The fourth-order valence-electron chi connectivity index (χ4n) is 9.49. The Morgan fingerprint density at radius 1 is 0.775 bits per heavy atom. The summed E-state index contributed by atoms with van der Waals surface area (Å²) in [6.07, 6.45) is -1.28. The number of nitrogens with zero attached hydrogens (tertiary/aromatic N) is 4. The van der Waals surface area contributed by atoms with Gasteiger partial charge in [0, 0.05) is 36.4 Å². The van der Waals surface area contributed by atoms with Gasteiger partial charge in [0.2, 0.25) is 11.8 Å². The summed E-state index contributed by atoms with van der Waals surface area (Å²) in [6, 6.07) is 23.0. The Bertz CT molecular complexity index is 2890. The number of H-pyrrole nitrogens is 1. The molecule has 0 bridgehead atoms. The lowest BCUT2D eigenvalue weighted by molar-refractivity contribution is -0.192. The number of aliphatic imine (C=N–C) groups is 1. The number of likely N-dealkylation sites (tertiary alicyclic amines) is 1. The largest absolute Gasteiger partial charge is 0.490 e. The highest BCUT2D eigenvalue weighted by atomic mass is 32.1. The number of aromatic nitrogens is 2. The number of benzene rings is 4. The first-order valence-electron chi connectivity index (χ1n) is 22.9. The summed E-state index contributed by atoms with van der Waals surface area (Å²) in [7, 11) is 0.838. The van der Waals surface area contributed by atoms with Crippen molar-refractivity contribution in [3.8, 4) is 11.1 Å². The second-order valence-corrected chi connectivity index (χ2v) is 24.4. The molecule has 15 nitrogen and oxygen atoms in total. The Kier molecular flexibility index (Phi) is 17.8. The molecular weight excluding hydrogens is 976 g/mol. The number of halogens is 3. The molecule has 2 saturated heterocycles. The maximum Gasteiger partial charge on any atom is 0.490 e. The van der Waals surface area contributed by atoms with Gasteiger partial charge < -0.3 is 40.0 Å². The van der Waals surface area contributed by atoms with E-state index in [1.807, 2.05) is 43.7 Å². The zero-order chi connectivity index (χ0) is 50.1. The predicted molar refractivity (Wildman–Crippen MR) is 281 cm³/mol. The number of carboxylic acid groups (broad SMARTS) is 1. The number of aliphatic carboxylic acids is 1. The maximum absolute atomic E-state index is 14.0. The molecule has 5 aromatic rings. The molecule has 0 saturated carbocycles. The van der Waals surface area contributed by atoms with Crippen LogP contribution in [0.3, 0.4) is 0 Å². The van der Waals surface area contributed by atoms with E-state index in [2.05, 4.69) is 95.4 Å². The number of nitrogens with one attached hydrogen (secondary N) is 3. The molecule has 0 radical (unpaired) electrons.